The zero-order valence-electron chi connectivity index (χ0n) is 14.0. The zero-order chi connectivity index (χ0) is 16.2. The molecule has 1 aliphatic rings. The van der Waals surface area contributed by atoms with Crippen LogP contribution in [-0.4, -0.2) is 29.9 Å². The molecule has 23 heavy (non-hydrogen) atoms. The van der Waals surface area contributed by atoms with Crippen molar-refractivity contribution in [2.75, 3.05) is 13.2 Å². The highest BCUT2D eigenvalue weighted by Gasteiger charge is 2.36. The molecule has 1 saturated heterocycles. The third-order valence-corrected chi connectivity index (χ3v) is 4.95. The number of thioether (sulfide) groups is 1. The van der Waals surface area contributed by atoms with Crippen molar-refractivity contribution in [1.82, 2.24) is 5.32 Å². The smallest absolute Gasteiger partial charge is 0.240 e. The van der Waals surface area contributed by atoms with Crippen LogP contribution in [0.3, 0.4) is 0 Å². The van der Waals surface area contributed by atoms with Gasteiger partial charge in [-0.1, -0.05) is 26.0 Å². The zero-order valence-corrected chi connectivity index (χ0v) is 15.6. The van der Waals surface area contributed by atoms with Crippen LogP contribution in [0.1, 0.15) is 45.2 Å². The van der Waals surface area contributed by atoms with Gasteiger partial charge in [0, 0.05) is 23.4 Å². The quantitative estimate of drug-likeness (QED) is 0.793. The third kappa shape index (κ3) is 5.68. The molecule has 1 atom stereocenters. The van der Waals surface area contributed by atoms with E-state index in [0.29, 0.717) is 31.3 Å². The molecular formula is C17H27ClN2O2S. The maximum atomic E-state index is 12.4. The predicted molar refractivity (Wildman–Crippen MR) is 98.2 cm³/mol. The molecule has 3 N–H and O–H groups in total. The number of nitrogens with one attached hydrogen (secondary N) is 1. The standard InChI is InChI=1S/C17H26N2O2S.ClH/c1-12(2)22-15-6-4-14(5-7-15)13(3)19-16(20)17(18)8-10-21-11-9-17;/h4-7,12-13H,8-11,18H2,1-3H3,(H,19,20);1H. The van der Waals surface area contributed by atoms with E-state index in [0.717, 1.165) is 5.56 Å². The van der Waals surface area contributed by atoms with Crippen LogP contribution in [0.15, 0.2) is 29.2 Å². The van der Waals surface area contributed by atoms with Gasteiger partial charge in [0.05, 0.1) is 11.6 Å². The number of carbonyl (C=O) groups is 1. The van der Waals surface area contributed by atoms with Crippen molar-refractivity contribution in [3.8, 4) is 0 Å². The summed E-state index contributed by atoms with van der Waals surface area (Å²) in [5, 5.41) is 3.60. The van der Waals surface area contributed by atoms with Crippen LogP contribution in [0.25, 0.3) is 0 Å². The molecule has 2 rings (SSSR count). The summed E-state index contributed by atoms with van der Waals surface area (Å²) in [5.74, 6) is -0.0797. The Morgan fingerprint density at radius 3 is 2.30 bits per heavy atom. The first-order valence-corrected chi connectivity index (χ1v) is 8.73. The number of amides is 1. The summed E-state index contributed by atoms with van der Waals surface area (Å²) in [6.45, 7) is 7.45. The highest BCUT2D eigenvalue weighted by molar-refractivity contribution is 7.99. The lowest BCUT2D eigenvalue weighted by atomic mass is 9.90. The van der Waals surface area contributed by atoms with Gasteiger partial charge in [0.2, 0.25) is 5.91 Å². The highest BCUT2D eigenvalue weighted by atomic mass is 35.5. The third-order valence-electron chi connectivity index (χ3n) is 3.94. The fourth-order valence-electron chi connectivity index (χ4n) is 2.49. The fourth-order valence-corrected chi connectivity index (χ4v) is 3.33. The summed E-state index contributed by atoms with van der Waals surface area (Å²) in [6, 6.07) is 8.31. The van der Waals surface area contributed by atoms with E-state index >= 15 is 0 Å². The average molecular weight is 359 g/mol. The summed E-state index contributed by atoms with van der Waals surface area (Å²) < 4.78 is 5.29. The lowest BCUT2D eigenvalue weighted by molar-refractivity contribution is -0.130. The molecule has 0 aliphatic carbocycles. The van der Waals surface area contributed by atoms with Crippen LogP contribution in [0.5, 0.6) is 0 Å². The van der Waals surface area contributed by atoms with E-state index in [2.05, 4.69) is 43.4 Å². The summed E-state index contributed by atoms with van der Waals surface area (Å²) in [6.07, 6.45) is 1.16. The summed E-state index contributed by atoms with van der Waals surface area (Å²) in [7, 11) is 0. The second kappa shape index (κ2) is 8.92. The summed E-state index contributed by atoms with van der Waals surface area (Å²) >= 11 is 1.83. The molecule has 1 fully saturated rings. The van der Waals surface area contributed by atoms with Crippen molar-refractivity contribution < 1.29 is 9.53 Å². The molecule has 1 aromatic rings. The molecule has 1 unspecified atom stereocenters. The Morgan fingerprint density at radius 2 is 1.78 bits per heavy atom. The largest absolute Gasteiger partial charge is 0.381 e. The Morgan fingerprint density at radius 1 is 1.22 bits per heavy atom. The Balaban J connectivity index is 0.00000264. The van der Waals surface area contributed by atoms with Crippen LogP contribution in [0.2, 0.25) is 0 Å². The van der Waals surface area contributed by atoms with Gasteiger partial charge in [-0.3, -0.25) is 4.79 Å². The first kappa shape index (κ1) is 20.3. The van der Waals surface area contributed by atoms with Crippen molar-refractivity contribution in [2.24, 2.45) is 5.73 Å². The summed E-state index contributed by atoms with van der Waals surface area (Å²) in [4.78, 5) is 13.7. The van der Waals surface area contributed by atoms with E-state index in [1.807, 2.05) is 18.7 Å². The van der Waals surface area contributed by atoms with Crippen molar-refractivity contribution >= 4 is 30.1 Å². The van der Waals surface area contributed by atoms with Crippen LogP contribution >= 0.6 is 24.2 Å². The predicted octanol–water partition coefficient (Wildman–Crippen LogP) is 3.29. The second-order valence-electron chi connectivity index (χ2n) is 6.20. The van der Waals surface area contributed by atoms with Gasteiger partial charge >= 0.3 is 0 Å². The van der Waals surface area contributed by atoms with Crippen LogP contribution in [0, 0.1) is 0 Å². The van der Waals surface area contributed by atoms with E-state index < -0.39 is 5.54 Å². The van der Waals surface area contributed by atoms with E-state index in [4.69, 9.17) is 10.5 Å². The van der Waals surface area contributed by atoms with Gasteiger partial charge in [0.1, 0.15) is 0 Å². The molecule has 1 amide bonds. The highest BCUT2D eigenvalue weighted by Crippen LogP contribution is 2.25. The normalized spacial score (nSPS) is 18.1. The molecule has 1 heterocycles. The Hall–Kier alpha value is -0.750. The number of ether oxygens (including phenoxy) is 1. The van der Waals surface area contributed by atoms with E-state index in [1.165, 1.54) is 4.90 Å². The van der Waals surface area contributed by atoms with Crippen molar-refractivity contribution in [1.29, 1.82) is 0 Å². The molecule has 0 spiro atoms. The number of benzene rings is 1. The first-order chi connectivity index (χ1) is 10.4. The minimum Gasteiger partial charge on any atom is -0.381 e. The van der Waals surface area contributed by atoms with Crippen molar-refractivity contribution in [2.45, 2.75) is 55.3 Å². The van der Waals surface area contributed by atoms with Gasteiger partial charge in [-0.25, -0.2) is 0 Å². The second-order valence-corrected chi connectivity index (χ2v) is 7.85. The molecule has 0 radical (unpaired) electrons. The Bertz CT molecular complexity index is 502. The molecular weight excluding hydrogens is 332 g/mol. The minimum absolute atomic E-state index is 0. The van der Waals surface area contributed by atoms with Crippen molar-refractivity contribution in [3.05, 3.63) is 29.8 Å². The van der Waals surface area contributed by atoms with Gasteiger partial charge in [-0.05, 0) is 37.5 Å². The van der Waals surface area contributed by atoms with Gasteiger partial charge in [0.25, 0.3) is 0 Å². The van der Waals surface area contributed by atoms with Gasteiger partial charge in [-0.2, -0.15) is 0 Å². The fraction of sp³-hybridized carbons (Fsp3) is 0.588. The van der Waals surface area contributed by atoms with E-state index in [1.54, 1.807) is 0 Å². The SMILES string of the molecule is CC(C)Sc1ccc(C(C)NC(=O)C2(N)CCOCC2)cc1.Cl. The number of hydrogen-bond acceptors (Lipinski definition) is 4. The molecule has 130 valence electrons. The number of carbonyl (C=O) groups excluding carboxylic acids is 1. The van der Waals surface area contributed by atoms with Crippen LogP contribution in [-0.2, 0) is 9.53 Å². The van der Waals surface area contributed by atoms with E-state index in [-0.39, 0.29) is 24.4 Å². The monoisotopic (exact) mass is 358 g/mol. The maximum absolute atomic E-state index is 12.4. The van der Waals surface area contributed by atoms with Crippen molar-refractivity contribution in [3.63, 3.8) is 0 Å². The molecule has 0 aromatic heterocycles. The Labute approximate surface area is 149 Å². The minimum atomic E-state index is -0.792. The lowest BCUT2D eigenvalue weighted by Crippen LogP contribution is -2.57. The van der Waals surface area contributed by atoms with E-state index in [9.17, 15) is 4.79 Å². The maximum Gasteiger partial charge on any atom is 0.240 e. The van der Waals surface area contributed by atoms with Crippen LogP contribution in [0.4, 0.5) is 0 Å². The molecule has 4 nitrogen and oxygen atoms in total. The van der Waals surface area contributed by atoms with Crippen LogP contribution < -0.4 is 11.1 Å². The molecule has 1 aliphatic heterocycles. The number of halogens is 1. The molecule has 6 heteroatoms. The molecule has 0 bridgehead atoms. The lowest BCUT2D eigenvalue weighted by Gasteiger charge is -2.33. The topological polar surface area (TPSA) is 64.4 Å². The molecule has 0 saturated carbocycles. The Kier molecular flexibility index (Phi) is 7.87. The number of hydrogen-bond donors (Lipinski definition) is 2. The van der Waals surface area contributed by atoms with Gasteiger partial charge < -0.3 is 15.8 Å². The number of nitrogens with two attached hydrogens (primary N) is 1. The molecule has 1 aromatic carbocycles. The summed E-state index contributed by atoms with van der Waals surface area (Å²) in [5.41, 5.74) is 6.52. The first-order valence-electron chi connectivity index (χ1n) is 7.85. The number of rotatable bonds is 5. The van der Waals surface area contributed by atoms with Gasteiger partial charge in [-0.15, -0.1) is 24.2 Å². The average Bonchev–Trinajstić information content (AvgIpc) is 2.48. The van der Waals surface area contributed by atoms with Gasteiger partial charge in [0.15, 0.2) is 0 Å².